The Bertz CT molecular complexity index is 368. The van der Waals surface area contributed by atoms with E-state index in [9.17, 15) is 5.11 Å². The van der Waals surface area contributed by atoms with Crippen molar-refractivity contribution in [3.8, 4) is 5.75 Å². The normalized spacial score (nSPS) is 12.9. The highest BCUT2D eigenvalue weighted by Crippen LogP contribution is 2.44. The zero-order valence-electron chi connectivity index (χ0n) is 8.35. The summed E-state index contributed by atoms with van der Waals surface area (Å²) in [6.45, 7) is 4.19. The largest absolute Gasteiger partial charge is 0.505 e. The summed E-state index contributed by atoms with van der Waals surface area (Å²) in [4.78, 5) is 0.804. The molecule has 0 aliphatic carbocycles. The number of halogens is 3. The van der Waals surface area contributed by atoms with Gasteiger partial charge in [-0.05, 0) is 12.5 Å². The first kappa shape index (κ1) is 13.3. The molecule has 1 rings (SSSR count). The standard InChI is InChI=1S/C10H11Cl3OS/c1-3-5(2)15-7-4-6(11)10(14)9(13)8(7)12/h4-5,14H,3H2,1-2H3. The Hall–Kier alpha value is 0.240. The maximum absolute atomic E-state index is 9.45. The highest BCUT2D eigenvalue weighted by molar-refractivity contribution is 8.00. The molecule has 0 aromatic heterocycles. The second-order valence-corrected chi connectivity index (χ2v) is 5.81. The lowest BCUT2D eigenvalue weighted by atomic mass is 10.3. The van der Waals surface area contributed by atoms with E-state index in [4.69, 9.17) is 34.8 Å². The van der Waals surface area contributed by atoms with Gasteiger partial charge in [-0.2, -0.15) is 0 Å². The summed E-state index contributed by atoms with van der Waals surface area (Å²) in [6, 6.07) is 1.64. The van der Waals surface area contributed by atoms with E-state index in [1.807, 2.05) is 0 Å². The molecule has 1 aromatic carbocycles. The van der Waals surface area contributed by atoms with Crippen molar-refractivity contribution in [1.82, 2.24) is 0 Å². The molecule has 0 spiro atoms. The third kappa shape index (κ3) is 3.10. The Balaban J connectivity index is 3.09. The van der Waals surface area contributed by atoms with Crippen molar-refractivity contribution in [1.29, 1.82) is 0 Å². The minimum absolute atomic E-state index is 0.120. The highest BCUT2D eigenvalue weighted by atomic mass is 35.5. The lowest BCUT2D eigenvalue weighted by Crippen LogP contribution is -1.92. The number of benzene rings is 1. The summed E-state index contributed by atoms with van der Waals surface area (Å²) in [5.41, 5.74) is 0. The molecule has 84 valence electrons. The summed E-state index contributed by atoms with van der Waals surface area (Å²) < 4.78 is 0. The molecule has 0 saturated carbocycles. The van der Waals surface area contributed by atoms with Crippen molar-refractivity contribution >= 4 is 46.6 Å². The first-order valence-corrected chi connectivity index (χ1v) is 6.51. The summed E-state index contributed by atoms with van der Waals surface area (Å²) in [5.74, 6) is -0.156. The molecule has 0 heterocycles. The molecule has 0 aliphatic heterocycles. The Labute approximate surface area is 109 Å². The van der Waals surface area contributed by atoms with Crippen LogP contribution in [0.25, 0.3) is 0 Å². The lowest BCUT2D eigenvalue weighted by molar-refractivity contribution is 0.475. The number of hydrogen-bond acceptors (Lipinski definition) is 2. The Morgan fingerprint density at radius 1 is 1.33 bits per heavy atom. The van der Waals surface area contributed by atoms with Crippen LogP contribution in [0.5, 0.6) is 5.75 Å². The van der Waals surface area contributed by atoms with E-state index in [1.54, 1.807) is 17.8 Å². The van der Waals surface area contributed by atoms with Crippen molar-refractivity contribution in [2.24, 2.45) is 0 Å². The number of phenolic OH excluding ortho intramolecular Hbond substituents is 1. The monoisotopic (exact) mass is 284 g/mol. The van der Waals surface area contributed by atoms with Crippen LogP contribution in [0.2, 0.25) is 15.1 Å². The van der Waals surface area contributed by atoms with E-state index < -0.39 is 0 Å². The molecule has 0 bridgehead atoms. The van der Waals surface area contributed by atoms with Crippen molar-refractivity contribution in [2.75, 3.05) is 0 Å². The van der Waals surface area contributed by atoms with E-state index in [0.29, 0.717) is 10.3 Å². The Morgan fingerprint density at radius 2 is 1.93 bits per heavy atom. The molecule has 0 aliphatic rings. The number of aromatic hydroxyl groups is 1. The minimum atomic E-state index is -0.156. The number of rotatable bonds is 3. The van der Waals surface area contributed by atoms with Gasteiger partial charge >= 0.3 is 0 Å². The second kappa shape index (κ2) is 5.53. The van der Waals surface area contributed by atoms with Crippen LogP contribution in [0.3, 0.4) is 0 Å². The van der Waals surface area contributed by atoms with Crippen molar-refractivity contribution in [3.63, 3.8) is 0 Å². The molecule has 5 heteroatoms. The van der Waals surface area contributed by atoms with Crippen LogP contribution in [-0.4, -0.2) is 10.4 Å². The molecule has 0 fully saturated rings. The number of thioether (sulfide) groups is 1. The first-order valence-electron chi connectivity index (χ1n) is 4.50. The fraction of sp³-hybridized carbons (Fsp3) is 0.400. The van der Waals surface area contributed by atoms with E-state index in [2.05, 4.69) is 13.8 Å². The molecule has 0 amide bonds. The molecule has 1 N–H and O–H groups in total. The van der Waals surface area contributed by atoms with Crippen LogP contribution in [0.1, 0.15) is 20.3 Å². The van der Waals surface area contributed by atoms with Crippen LogP contribution in [0.4, 0.5) is 0 Å². The second-order valence-electron chi connectivity index (χ2n) is 3.17. The third-order valence-electron chi connectivity index (χ3n) is 2.00. The van der Waals surface area contributed by atoms with Crippen molar-refractivity contribution in [2.45, 2.75) is 30.4 Å². The molecule has 1 nitrogen and oxygen atoms in total. The van der Waals surface area contributed by atoms with Crippen LogP contribution in [-0.2, 0) is 0 Å². The summed E-state index contributed by atoms with van der Waals surface area (Å²) in [5, 5.41) is 10.6. The average molecular weight is 286 g/mol. The van der Waals surface area contributed by atoms with E-state index >= 15 is 0 Å². The van der Waals surface area contributed by atoms with Gasteiger partial charge in [-0.3, -0.25) is 0 Å². The molecule has 15 heavy (non-hydrogen) atoms. The smallest absolute Gasteiger partial charge is 0.154 e. The summed E-state index contributed by atoms with van der Waals surface area (Å²) in [7, 11) is 0. The third-order valence-corrected chi connectivity index (χ3v) is 4.57. The topological polar surface area (TPSA) is 20.2 Å². The average Bonchev–Trinajstić information content (AvgIpc) is 2.22. The molecular formula is C10H11Cl3OS. The molecule has 1 atom stereocenters. The van der Waals surface area contributed by atoms with E-state index in [0.717, 1.165) is 11.3 Å². The molecule has 0 saturated heterocycles. The zero-order chi connectivity index (χ0) is 11.6. The maximum atomic E-state index is 9.45. The van der Waals surface area contributed by atoms with Gasteiger partial charge in [-0.15, -0.1) is 11.8 Å². The fourth-order valence-electron chi connectivity index (χ4n) is 0.950. The van der Waals surface area contributed by atoms with Gasteiger partial charge in [0.1, 0.15) is 5.02 Å². The van der Waals surface area contributed by atoms with Crippen molar-refractivity contribution in [3.05, 3.63) is 21.1 Å². The van der Waals surface area contributed by atoms with Crippen LogP contribution in [0.15, 0.2) is 11.0 Å². The number of phenols is 1. The zero-order valence-corrected chi connectivity index (χ0v) is 11.4. The SMILES string of the molecule is CCC(C)Sc1cc(Cl)c(O)c(Cl)c1Cl. The van der Waals surface area contributed by atoms with Gasteiger partial charge in [0, 0.05) is 10.1 Å². The molecule has 1 unspecified atom stereocenters. The Morgan fingerprint density at radius 3 is 2.47 bits per heavy atom. The molecule has 1 aromatic rings. The summed E-state index contributed by atoms with van der Waals surface area (Å²) in [6.07, 6.45) is 1.02. The molecular weight excluding hydrogens is 275 g/mol. The van der Waals surface area contributed by atoms with E-state index in [1.165, 1.54) is 0 Å². The van der Waals surface area contributed by atoms with Gasteiger partial charge in [-0.1, -0.05) is 48.7 Å². The summed E-state index contributed by atoms with van der Waals surface area (Å²) >= 11 is 19.2. The predicted molar refractivity (Wildman–Crippen MR) is 68.7 cm³/mol. The molecule has 0 radical (unpaired) electrons. The van der Waals surface area contributed by atoms with Gasteiger partial charge in [0.25, 0.3) is 0 Å². The maximum Gasteiger partial charge on any atom is 0.154 e. The lowest BCUT2D eigenvalue weighted by Gasteiger charge is -2.12. The van der Waals surface area contributed by atoms with Gasteiger partial charge in [0.05, 0.1) is 10.0 Å². The van der Waals surface area contributed by atoms with Gasteiger partial charge in [0.15, 0.2) is 5.75 Å². The quantitative estimate of drug-likeness (QED) is 0.605. The van der Waals surface area contributed by atoms with Gasteiger partial charge in [0.2, 0.25) is 0 Å². The predicted octanol–water partition coefficient (Wildman–Crippen LogP) is 5.24. The first-order chi connectivity index (χ1) is 6.97. The van der Waals surface area contributed by atoms with Crippen LogP contribution < -0.4 is 0 Å². The minimum Gasteiger partial charge on any atom is -0.505 e. The Kier molecular flexibility index (Phi) is 4.91. The number of hydrogen-bond donors (Lipinski definition) is 1. The van der Waals surface area contributed by atoms with Crippen LogP contribution >= 0.6 is 46.6 Å². The van der Waals surface area contributed by atoms with Crippen molar-refractivity contribution < 1.29 is 5.11 Å². The highest BCUT2D eigenvalue weighted by Gasteiger charge is 2.15. The van der Waals surface area contributed by atoms with Crippen LogP contribution in [0, 0.1) is 0 Å². The van der Waals surface area contributed by atoms with E-state index in [-0.39, 0.29) is 15.8 Å². The van der Waals surface area contributed by atoms with Gasteiger partial charge in [-0.25, -0.2) is 0 Å². The van der Waals surface area contributed by atoms with Gasteiger partial charge < -0.3 is 5.11 Å². The fourth-order valence-corrected chi connectivity index (χ4v) is 2.80.